The van der Waals surface area contributed by atoms with Crippen molar-refractivity contribution in [2.24, 2.45) is 0 Å². The molecule has 122 valence electrons. The number of hydrogen-bond donors (Lipinski definition) is 1. The molecule has 0 bridgehead atoms. The van der Waals surface area contributed by atoms with Crippen LogP contribution < -0.4 is 10.1 Å². The van der Waals surface area contributed by atoms with E-state index in [1.54, 1.807) is 11.8 Å². The van der Waals surface area contributed by atoms with E-state index in [4.69, 9.17) is 4.74 Å². The fourth-order valence-electron chi connectivity index (χ4n) is 1.98. The molecule has 0 radical (unpaired) electrons. The predicted octanol–water partition coefficient (Wildman–Crippen LogP) is 3.98. The minimum atomic E-state index is 0.0668. The molecule has 0 saturated heterocycles. The molecule has 0 aliphatic heterocycles. The van der Waals surface area contributed by atoms with Crippen LogP contribution in [0, 0.1) is 13.8 Å². The third-order valence-electron chi connectivity index (χ3n) is 3.33. The van der Waals surface area contributed by atoms with Gasteiger partial charge in [0.05, 0.1) is 6.54 Å². The van der Waals surface area contributed by atoms with E-state index in [0.29, 0.717) is 19.6 Å². The second kappa shape index (κ2) is 9.26. The molecule has 1 amide bonds. The average Bonchev–Trinajstić information content (AvgIpc) is 2.55. The third-order valence-corrected chi connectivity index (χ3v) is 4.35. The van der Waals surface area contributed by atoms with E-state index < -0.39 is 0 Å². The van der Waals surface area contributed by atoms with Crippen LogP contribution in [0.2, 0.25) is 0 Å². The average molecular weight is 329 g/mol. The molecule has 3 nitrogen and oxygen atoms in total. The van der Waals surface area contributed by atoms with Gasteiger partial charge in [0, 0.05) is 17.1 Å². The van der Waals surface area contributed by atoms with Gasteiger partial charge in [-0.1, -0.05) is 35.4 Å². The van der Waals surface area contributed by atoms with Crippen LogP contribution in [-0.2, 0) is 4.79 Å². The number of ether oxygens (including phenoxy) is 1. The highest BCUT2D eigenvalue weighted by molar-refractivity contribution is 7.99. The molecule has 4 heteroatoms. The van der Waals surface area contributed by atoms with E-state index in [0.717, 1.165) is 11.5 Å². The molecule has 0 saturated carbocycles. The molecule has 2 aromatic carbocycles. The van der Waals surface area contributed by atoms with Crippen molar-refractivity contribution >= 4 is 17.7 Å². The van der Waals surface area contributed by atoms with Gasteiger partial charge in [0.25, 0.3) is 0 Å². The zero-order valence-corrected chi connectivity index (χ0v) is 14.5. The quantitative estimate of drug-likeness (QED) is 0.588. The summed E-state index contributed by atoms with van der Waals surface area (Å²) in [6, 6.07) is 16.3. The standard InChI is InChI=1S/C19H23NO2S/c1-15-3-7-17(8-4-15)22-13-12-20-19(21)11-14-23-18-9-5-16(2)6-10-18/h3-10H,11-14H2,1-2H3,(H,20,21). The summed E-state index contributed by atoms with van der Waals surface area (Å²) in [7, 11) is 0. The number of benzene rings is 2. The highest BCUT2D eigenvalue weighted by Crippen LogP contribution is 2.18. The molecular formula is C19H23NO2S. The summed E-state index contributed by atoms with van der Waals surface area (Å²) >= 11 is 1.70. The number of nitrogens with one attached hydrogen (secondary N) is 1. The maximum Gasteiger partial charge on any atom is 0.220 e. The fourth-order valence-corrected chi connectivity index (χ4v) is 2.83. The maximum absolute atomic E-state index is 11.8. The highest BCUT2D eigenvalue weighted by Gasteiger charge is 2.02. The Morgan fingerprint density at radius 2 is 1.61 bits per heavy atom. The van der Waals surface area contributed by atoms with Crippen molar-refractivity contribution in [3.05, 3.63) is 59.7 Å². The Balaban J connectivity index is 1.56. The zero-order valence-electron chi connectivity index (χ0n) is 13.7. The Kier molecular flexibility index (Phi) is 7.01. The number of rotatable bonds is 8. The second-order valence-electron chi connectivity index (χ2n) is 5.42. The number of amides is 1. The molecule has 0 unspecified atom stereocenters. The predicted molar refractivity (Wildman–Crippen MR) is 96.2 cm³/mol. The maximum atomic E-state index is 11.8. The van der Waals surface area contributed by atoms with Gasteiger partial charge < -0.3 is 10.1 Å². The number of hydrogen-bond acceptors (Lipinski definition) is 3. The van der Waals surface area contributed by atoms with E-state index >= 15 is 0 Å². The number of aryl methyl sites for hydroxylation is 2. The SMILES string of the molecule is Cc1ccc(OCCNC(=O)CCSc2ccc(C)cc2)cc1. The van der Waals surface area contributed by atoms with E-state index in [9.17, 15) is 4.79 Å². The summed E-state index contributed by atoms with van der Waals surface area (Å²) in [6.07, 6.45) is 0.517. The Hall–Kier alpha value is -1.94. The first-order valence-electron chi connectivity index (χ1n) is 7.79. The normalized spacial score (nSPS) is 10.3. The first-order chi connectivity index (χ1) is 11.1. The van der Waals surface area contributed by atoms with Crippen LogP contribution in [0.4, 0.5) is 0 Å². The summed E-state index contributed by atoms with van der Waals surface area (Å²) in [6.45, 7) is 5.13. The van der Waals surface area contributed by atoms with Crippen LogP contribution in [0.1, 0.15) is 17.5 Å². The molecule has 2 rings (SSSR count). The molecule has 23 heavy (non-hydrogen) atoms. The van der Waals surface area contributed by atoms with Crippen molar-refractivity contribution in [1.82, 2.24) is 5.32 Å². The van der Waals surface area contributed by atoms with Gasteiger partial charge in [-0.3, -0.25) is 4.79 Å². The van der Waals surface area contributed by atoms with Crippen molar-refractivity contribution in [3.63, 3.8) is 0 Å². The lowest BCUT2D eigenvalue weighted by atomic mass is 10.2. The van der Waals surface area contributed by atoms with Gasteiger partial charge in [-0.05, 0) is 38.1 Å². The summed E-state index contributed by atoms with van der Waals surface area (Å²) < 4.78 is 5.58. The van der Waals surface area contributed by atoms with Crippen LogP contribution in [0.3, 0.4) is 0 Å². The van der Waals surface area contributed by atoms with Gasteiger partial charge in [0.15, 0.2) is 0 Å². The lowest BCUT2D eigenvalue weighted by Crippen LogP contribution is -2.28. The number of thioether (sulfide) groups is 1. The van der Waals surface area contributed by atoms with Crippen molar-refractivity contribution in [3.8, 4) is 5.75 Å². The molecule has 0 spiro atoms. The van der Waals surface area contributed by atoms with Gasteiger partial charge in [-0.25, -0.2) is 0 Å². The monoisotopic (exact) mass is 329 g/mol. The zero-order chi connectivity index (χ0) is 16.5. The topological polar surface area (TPSA) is 38.3 Å². The van der Waals surface area contributed by atoms with E-state index in [2.05, 4.69) is 36.5 Å². The Labute approximate surface area is 142 Å². The molecule has 0 aliphatic rings. The van der Waals surface area contributed by atoms with E-state index in [-0.39, 0.29) is 5.91 Å². The number of carbonyl (C=O) groups is 1. The molecular weight excluding hydrogens is 306 g/mol. The van der Waals surface area contributed by atoms with Crippen molar-refractivity contribution in [2.45, 2.75) is 25.2 Å². The van der Waals surface area contributed by atoms with Crippen LogP contribution >= 0.6 is 11.8 Å². The molecule has 0 fully saturated rings. The molecule has 1 N–H and O–H groups in total. The lowest BCUT2D eigenvalue weighted by molar-refractivity contribution is -0.120. The Morgan fingerprint density at radius 1 is 1.00 bits per heavy atom. The van der Waals surface area contributed by atoms with Crippen LogP contribution in [0.15, 0.2) is 53.4 Å². The summed E-state index contributed by atoms with van der Waals surface area (Å²) in [5.74, 6) is 1.69. The molecule has 0 heterocycles. The van der Waals surface area contributed by atoms with Crippen molar-refractivity contribution < 1.29 is 9.53 Å². The first-order valence-corrected chi connectivity index (χ1v) is 8.78. The number of carbonyl (C=O) groups excluding carboxylic acids is 1. The van der Waals surface area contributed by atoms with Crippen LogP contribution in [-0.4, -0.2) is 24.8 Å². The Morgan fingerprint density at radius 3 is 2.26 bits per heavy atom. The van der Waals surface area contributed by atoms with Gasteiger partial charge in [-0.15, -0.1) is 11.8 Å². The van der Waals surface area contributed by atoms with Crippen LogP contribution in [0.5, 0.6) is 5.75 Å². The van der Waals surface area contributed by atoms with Gasteiger partial charge in [0.1, 0.15) is 12.4 Å². The summed E-state index contributed by atoms with van der Waals surface area (Å²) in [5.41, 5.74) is 2.46. The van der Waals surface area contributed by atoms with Crippen molar-refractivity contribution in [1.29, 1.82) is 0 Å². The highest BCUT2D eigenvalue weighted by atomic mass is 32.2. The smallest absolute Gasteiger partial charge is 0.220 e. The largest absolute Gasteiger partial charge is 0.492 e. The molecule has 2 aromatic rings. The summed E-state index contributed by atoms with van der Waals surface area (Å²) in [5, 5.41) is 2.88. The van der Waals surface area contributed by atoms with E-state index in [1.807, 2.05) is 31.2 Å². The molecule has 0 aromatic heterocycles. The molecule has 0 aliphatic carbocycles. The van der Waals surface area contributed by atoms with Gasteiger partial charge in [0.2, 0.25) is 5.91 Å². The van der Waals surface area contributed by atoms with Crippen LogP contribution in [0.25, 0.3) is 0 Å². The Bertz CT molecular complexity index is 608. The lowest BCUT2D eigenvalue weighted by Gasteiger charge is -2.08. The molecule has 0 atom stereocenters. The van der Waals surface area contributed by atoms with Gasteiger partial charge in [-0.2, -0.15) is 0 Å². The third kappa shape index (κ3) is 6.78. The van der Waals surface area contributed by atoms with Gasteiger partial charge >= 0.3 is 0 Å². The second-order valence-corrected chi connectivity index (χ2v) is 6.59. The minimum absolute atomic E-state index is 0.0668. The minimum Gasteiger partial charge on any atom is -0.492 e. The van der Waals surface area contributed by atoms with Crippen molar-refractivity contribution in [2.75, 3.05) is 18.9 Å². The fraction of sp³-hybridized carbons (Fsp3) is 0.316. The first kappa shape index (κ1) is 17.4. The van der Waals surface area contributed by atoms with E-state index in [1.165, 1.54) is 16.0 Å². The summed E-state index contributed by atoms with van der Waals surface area (Å²) in [4.78, 5) is 13.0.